The number of aromatic nitrogens is 1. The van der Waals surface area contributed by atoms with Crippen molar-refractivity contribution in [3.05, 3.63) is 51.7 Å². The molecule has 106 valence electrons. The minimum atomic E-state index is -0.304. The first-order chi connectivity index (χ1) is 9.60. The van der Waals surface area contributed by atoms with Crippen LogP contribution in [0.15, 0.2) is 28.9 Å². The first kappa shape index (κ1) is 14.8. The zero-order valence-electron chi connectivity index (χ0n) is 10.7. The maximum atomic E-state index is 11.9. The average molecular weight is 314 g/mol. The van der Waals surface area contributed by atoms with Crippen molar-refractivity contribution in [3.8, 4) is 0 Å². The van der Waals surface area contributed by atoms with Gasteiger partial charge in [-0.1, -0.05) is 29.3 Å². The molecule has 2 aromatic rings. The summed E-state index contributed by atoms with van der Waals surface area (Å²) in [6, 6.07) is 5.19. The lowest BCUT2D eigenvalue weighted by atomic mass is 10.2. The molecular weight excluding hydrogens is 301 g/mol. The van der Waals surface area contributed by atoms with Crippen molar-refractivity contribution < 1.29 is 9.21 Å². The quantitative estimate of drug-likeness (QED) is 0.890. The van der Waals surface area contributed by atoms with Crippen LogP contribution in [0.5, 0.6) is 0 Å². The molecule has 20 heavy (non-hydrogen) atoms. The van der Waals surface area contributed by atoms with Crippen molar-refractivity contribution in [1.29, 1.82) is 0 Å². The Morgan fingerprint density at radius 2 is 2.10 bits per heavy atom. The number of halogens is 2. The average Bonchev–Trinajstić information content (AvgIpc) is 2.89. The van der Waals surface area contributed by atoms with Crippen LogP contribution in [-0.4, -0.2) is 17.9 Å². The van der Waals surface area contributed by atoms with Gasteiger partial charge in [-0.05, 0) is 24.7 Å². The van der Waals surface area contributed by atoms with E-state index in [1.54, 1.807) is 25.2 Å². The van der Waals surface area contributed by atoms with Crippen molar-refractivity contribution in [2.75, 3.05) is 7.05 Å². The molecule has 0 aliphatic rings. The van der Waals surface area contributed by atoms with E-state index < -0.39 is 0 Å². The Morgan fingerprint density at radius 3 is 2.80 bits per heavy atom. The Kier molecular flexibility index (Phi) is 5.00. The highest BCUT2D eigenvalue weighted by Crippen LogP contribution is 2.22. The third kappa shape index (κ3) is 3.72. The monoisotopic (exact) mass is 313 g/mol. The zero-order chi connectivity index (χ0) is 14.5. The summed E-state index contributed by atoms with van der Waals surface area (Å²) in [5, 5.41) is 6.56. The lowest BCUT2D eigenvalue weighted by Crippen LogP contribution is -2.23. The van der Waals surface area contributed by atoms with Crippen LogP contribution in [0.2, 0.25) is 10.0 Å². The van der Waals surface area contributed by atoms with Gasteiger partial charge in [-0.25, -0.2) is 4.98 Å². The van der Waals surface area contributed by atoms with Gasteiger partial charge in [-0.15, -0.1) is 0 Å². The van der Waals surface area contributed by atoms with E-state index in [1.165, 1.54) is 6.26 Å². The third-order valence-electron chi connectivity index (χ3n) is 2.55. The summed E-state index contributed by atoms with van der Waals surface area (Å²) in [6.45, 7) is 0.810. The molecule has 0 radical (unpaired) electrons. The number of benzene rings is 1. The standard InChI is InChI=1S/C13H13Cl2N3O2/c1-16-6-12-18-11(7-20-12)13(19)17-5-8-2-3-9(14)10(15)4-8/h2-4,7,16H,5-6H2,1H3,(H,17,19). The van der Waals surface area contributed by atoms with Crippen LogP contribution >= 0.6 is 23.2 Å². The fourth-order valence-corrected chi connectivity index (χ4v) is 1.89. The molecule has 1 aromatic heterocycles. The number of carbonyl (C=O) groups is 1. The summed E-state index contributed by atoms with van der Waals surface area (Å²) < 4.78 is 5.14. The zero-order valence-corrected chi connectivity index (χ0v) is 12.3. The Hall–Kier alpha value is -1.56. The summed E-state index contributed by atoms with van der Waals surface area (Å²) in [5.74, 6) is 0.161. The number of nitrogens with one attached hydrogen (secondary N) is 2. The predicted molar refractivity (Wildman–Crippen MR) is 76.9 cm³/mol. The molecular formula is C13H13Cl2N3O2. The minimum Gasteiger partial charge on any atom is -0.447 e. The van der Waals surface area contributed by atoms with E-state index in [4.69, 9.17) is 27.6 Å². The fraction of sp³-hybridized carbons (Fsp3) is 0.231. The highest BCUT2D eigenvalue weighted by atomic mass is 35.5. The lowest BCUT2D eigenvalue weighted by molar-refractivity contribution is 0.0946. The van der Waals surface area contributed by atoms with Gasteiger partial charge >= 0.3 is 0 Å². The molecule has 0 saturated carbocycles. The normalized spacial score (nSPS) is 10.6. The van der Waals surface area contributed by atoms with Crippen LogP contribution in [0.3, 0.4) is 0 Å². The van der Waals surface area contributed by atoms with Gasteiger partial charge in [-0.3, -0.25) is 4.79 Å². The van der Waals surface area contributed by atoms with E-state index in [0.717, 1.165) is 5.56 Å². The molecule has 0 unspecified atom stereocenters. The van der Waals surface area contributed by atoms with Crippen molar-refractivity contribution >= 4 is 29.1 Å². The van der Waals surface area contributed by atoms with Crippen LogP contribution in [0.4, 0.5) is 0 Å². The second kappa shape index (κ2) is 6.74. The molecule has 1 aromatic carbocycles. The maximum Gasteiger partial charge on any atom is 0.273 e. The van der Waals surface area contributed by atoms with E-state index in [1.807, 2.05) is 0 Å². The van der Waals surface area contributed by atoms with Crippen molar-refractivity contribution in [2.24, 2.45) is 0 Å². The van der Waals surface area contributed by atoms with Crippen LogP contribution in [0.25, 0.3) is 0 Å². The lowest BCUT2D eigenvalue weighted by Gasteiger charge is -2.04. The molecule has 0 spiro atoms. The Morgan fingerprint density at radius 1 is 1.30 bits per heavy atom. The molecule has 7 heteroatoms. The molecule has 0 fully saturated rings. The van der Waals surface area contributed by atoms with Gasteiger partial charge in [0.15, 0.2) is 5.69 Å². The number of carbonyl (C=O) groups excluding carboxylic acids is 1. The van der Waals surface area contributed by atoms with Gasteiger partial charge in [0, 0.05) is 6.54 Å². The number of hydrogen-bond acceptors (Lipinski definition) is 4. The van der Waals surface area contributed by atoms with Gasteiger partial charge in [0.1, 0.15) is 6.26 Å². The topological polar surface area (TPSA) is 67.2 Å². The second-order valence-electron chi connectivity index (χ2n) is 4.09. The molecule has 5 nitrogen and oxygen atoms in total. The molecule has 2 rings (SSSR count). The highest BCUT2D eigenvalue weighted by molar-refractivity contribution is 6.42. The SMILES string of the molecule is CNCc1nc(C(=O)NCc2ccc(Cl)c(Cl)c2)co1. The molecule has 2 N–H and O–H groups in total. The predicted octanol–water partition coefficient (Wildman–Crippen LogP) is 2.63. The van der Waals surface area contributed by atoms with E-state index in [0.29, 0.717) is 29.0 Å². The van der Waals surface area contributed by atoms with Crippen molar-refractivity contribution in [2.45, 2.75) is 13.1 Å². The summed E-state index contributed by atoms with van der Waals surface area (Å²) in [7, 11) is 1.77. The minimum absolute atomic E-state index is 0.246. The Balaban J connectivity index is 1.95. The molecule has 1 amide bonds. The third-order valence-corrected chi connectivity index (χ3v) is 3.29. The fourth-order valence-electron chi connectivity index (χ4n) is 1.57. The summed E-state index contributed by atoms with van der Waals surface area (Å²) >= 11 is 11.7. The molecule has 0 atom stereocenters. The number of nitrogens with zero attached hydrogens (tertiary/aromatic N) is 1. The van der Waals surface area contributed by atoms with Gasteiger partial charge < -0.3 is 15.1 Å². The van der Waals surface area contributed by atoms with E-state index >= 15 is 0 Å². The van der Waals surface area contributed by atoms with Gasteiger partial charge in [0.2, 0.25) is 5.89 Å². The molecule has 0 bridgehead atoms. The first-order valence-corrected chi connectivity index (χ1v) is 6.67. The number of amides is 1. The van der Waals surface area contributed by atoms with Crippen LogP contribution in [0.1, 0.15) is 21.9 Å². The molecule has 0 aliphatic carbocycles. The van der Waals surface area contributed by atoms with Gasteiger partial charge in [0.05, 0.1) is 16.6 Å². The summed E-state index contributed by atoms with van der Waals surface area (Å²) in [6.07, 6.45) is 1.33. The number of rotatable bonds is 5. The summed E-state index contributed by atoms with van der Waals surface area (Å²) in [4.78, 5) is 15.9. The molecule has 1 heterocycles. The van der Waals surface area contributed by atoms with Crippen LogP contribution in [-0.2, 0) is 13.1 Å². The van der Waals surface area contributed by atoms with Crippen LogP contribution in [0, 0.1) is 0 Å². The highest BCUT2D eigenvalue weighted by Gasteiger charge is 2.11. The number of oxazole rings is 1. The van der Waals surface area contributed by atoms with Gasteiger partial charge in [-0.2, -0.15) is 0 Å². The Bertz CT molecular complexity index is 613. The second-order valence-corrected chi connectivity index (χ2v) is 4.90. The van der Waals surface area contributed by atoms with E-state index in [9.17, 15) is 4.79 Å². The van der Waals surface area contributed by atoms with Crippen LogP contribution < -0.4 is 10.6 Å². The van der Waals surface area contributed by atoms with E-state index in [-0.39, 0.29) is 11.6 Å². The Labute approximate surface area is 126 Å². The largest absolute Gasteiger partial charge is 0.447 e. The van der Waals surface area contributed by atoms with Crippen molar-refractivity contribution in [1.82, 2.24) is 15.6 Å². The van der Waals surface area contributed by atoms with E-state index in [2.05, 4.69) is 15.6 Å². The van der Waals surface area contributed by atoms with Crippen molar-refractivity contribution in [3.63, 3.8) is 0 Å². The maximum absolute atomic E-state index is 11.9. The summed E-state index contributed by atoms with van der Waals surface area (Å²) in [5.41, 5.74) is 1.10. The smallest absolute Gasteiger partial charge is 0.273 e. The molecule has 0 saturated heterocycles. The number of hydrogen-bond donors (Lipinski definition) is 2. The molecule has 0 aliphatic heterocycles. The first-order valence-electron chi connectivity index (χ1n) is 5.91. The van der Waals surface area contributed by atoms with Gasteiger partial charge in [0.25, 0.3) is 5.91 Å².